The van der Waals surface area contributed by atoms with Gasteiger partial charge in [0.25, 0.3) is 6.48 Å². The predicted octanol–water partition coefficient (Wildman–Crippen LogP) is 1.91. The number of hydrogen-bond donors (Lipinski definition) is 0. The van der Waals surface area contributed by atoms with Crippen molar-refractivity contribution in [2.45, 2.75) is 58.9 Å². The molecule has 1 fully saturated rings. The van der Waals surface area contributed by atoms with Crippen molar-refractivity contribution in [2.75, 3.05) is 0 Å². The molecular formula is C9H18O3. The molecule has 72 valence electrons. The van der Waals surface area contributed by atoms with E-state index in [1.54, 1.807) is 0 Å². The van der Waals surface area contributed by atoms with Crippen LogP contribution in [0.3, 0.4) is 0 Å². The molecule has 0 saturated carbocycles. The minimum atomic E-state index is -0.469. The van der Waals surface area contributed by atoms with E-state index in [9.17, 15) is 0 Å². The van der Waals surface area contributed by atoms with Crippen molar-refractivity contribution in [3.63, 3.8) is 0 Å². The zero-order chi connectivity index (χ0) is 9.14. The third kappa shape index (κ3) is 3.09. The molecule has 2 unspecified atom stereocenters. The first-order chi connectivity index (χ1) is 5.58. The standard InChI is InChI=1S/C9H18O3/c1-6(2)10-9-11-7(3)5-8(4)12-9/h6-9H,5H2,1-4H3. The van der Waals surface area contributed by atoms with Gasteiger partial charge in [-0.1, -0.05) is 0 Å². The molecule has 1 aliphatic rings. The van der Waals surface area contributed by atoms with Crippen LogP contribution in [0.5, 0.6) is 0 Å². The van der Waals surface area contributed by atoms with Gasteiger partial charge in [0.1, 0.15) is 0 Å². The van der Waals surface area contributed by atoms with E-state index in [1.165, 1.54) is 0 Å². The molecule has 0 radical (unpaired) electrons. The van der Waals surface area contributed by atoms with Crippen LogP contribution in [0, 0.1) is 0 Å². The molecule has 1 rings (SSSR count). The molecule has 0 aromatic rings. The van der Waals surface area contributed by atoms with Crippen molar-refractivity contribution in [1.29, 1.82) is 0 Å². The lowest BCUT2D eigenvalue weighted by molar-refractivity contribution is -0.354. The molecule has 0 amide bonds. The van der Waals surface area contributed by atoms with Gasteiger partial charge in [0.15, 0.2) is 0 Å². The number of hydrogen-bond acceptors (Lipinski definition) is 3. The molecule has 0 aliphatic carbocycles. The molecule has 0 aromatic carbocycles. The molecule has 0 aromatic heterocycles. The van der Waals surface area contributed by atoms with Gasteiger partial charge in [0, 0.05) is 0 Å². The summed E-state index contributed by atoms with van der Waals surface area (Å²) in [4.78, 5) is 0. The Morgan fingerprint density at radius 2 is 1.67 bits per heavy atom. The Morgan fingerprint density at radius 3 is 2.08 bits per heavy atom. The summed E-state index contributed by atoms with van der Waals surface area (Å²) in [5.41, 5.74) is 0. The van der Waals surface area contributed by atoms with Gasteiger partial charge in [-0.25, -0.2) is 0 Å². The highest BCUT2D eigenvalue weighted by molar-refractivity contribution is 4.62. The molecule has 1 aliphatic heterocycles. The van der Waals surface area contributed by atoms with E-state index in [0.29, 0.717) is 0 Å². The summed E-state index contributed by atoms with van der Waals surface area (Å²) in [5.74, 6) is 0. The van der Waals surface area contributed by atoms with Gasteiger partial charge in [0.2, 0.25) is 0 Å². The van der Waals surface area contributed by atoms with Gasteiger partial charge in [-0.3, -0.25) is 0 Å². The Labute approximate surface area is 74.0 Å². The van der Waals surface area contributed by atoms with Gasteiger partial charge in [-0.2, -0.15) is 0 Å². The molecular weight excluding hydrogens is 156 g/mol. The Hall–Kier alpha value is -0.120. The van der Waals surface area contributed by atoms with Crippen molar-refractivity contribution >= 4 is 0 Å². The Kier molecular flexibility index (Phi) is 3.50. The first-order valence-corrected chi connectivity index (χ1v) is 4.54. The van der Waals surface area contributed by atoms with Crippen LogP contribution >= 0.6 is 0 Å². The van der Waals surface area contributed by atoms with Crippen molar-refractivity contribution in [2.24, 2.45) is 0 Å². The molecule has 1 heterocycles. The van der Waals surface area contributed by atoms with Gasteiger partial charge in [-0.15, -0.1) is 0 Å². The van der Waals surface area contributed by atoms with E-state index in [-0.39, 0.29) is 18.3 Å². The van der Waals surface area contributed by atoms with E-state index in [0.717, 1.165) is 6.42 Å². The lowest BCUT2D eigenvalue weighted by Crippen LogP contribution is -2.38. The van der Waals surface area contributed by atoms with E-state index in [2.05, 4.69) is 0 Å². The fraction of sp³-hybridized carbons (Fsp3) is 1.00. The first kappa shape index (κ1) is 9.96. The quantitative estimate of drug-likeness (QED) is 0.640. The second kappa shape index (κ2) is 4.21. The third-order valence-corrected chi connectivity index (χ3v) is 1.73. The summed E-state index contributed by atoms with van der Waals surface area (Å²) in [6.07, 6.45) is 1.56. The van der Waals surface area contributed by atoms with Gasteiger partial charge >= 0.3 is 0 Å². The van der Waals surface area contributed by atoms with E-state index >= 15 is 0 Å². The molecule has 3 nitrogen and oxygen atoms in total. The maximum Gasteiger partial charge on any atom is 0.272 e. The summed E-state index contributed by atoms with van der Waals surface area (Å²) in [5, 5.41) is 0. The predicted molar refractivity (Wildman–Crippen MR) is 45.7 cm³/mol. The topological polar surface area (TPSA) is 27.7 Å². The van der Waals surface area contributed by atoms with Crippen LogP contribution in [0.25, 0.3) is 0 Å². The highest BCUT2D eigenvalue weighted by Crippen LogP contribution is 2.19. The second-order valence-electron chi connectivity index (χ2n) is 3.60. The van der Waals surface area contributed by atoms with Crippen LogP contribution in [-0.4, -0.2) is 24.8 Å². The maximum atomic E-state index is 5.42. The van der Waals surface area contributed by atoms with Crippen molar-refractivity contribution in [1.82, 2.24) is 0 Å². The minimum absolute atomic E-state index is 0.146. The van der Waals surface area contributed by atoms with Crippen LogP contribution in [0.1, 0.15) is 34.1 Å². The van der Waals surface area contributed by atoms with Gasteiger partial charge in [0.05, 0.1) is 18.3 Å². The number of rotatable bonds is 2. The van der Waals surface area contributed by atoms with E-state index in [1.807, 2.05) is 27.7 Å². The lowest BCUT2D eigenvalue weighted by atomic mass is 10.2. The molecule has 0 spiro atoms. The summed E-state index contributed by atoms with van der Waals surface area (Å²) in [6, 6.07) is 0. The fourth-order valence-electron chi connectivity index (χ4n) is 1.28. The fourth-order valence-corrected chi connectivity index (χ4v) is 1.28. The minimum Gasteiger partial charge on any atom is -0.327 e. The molecule has 12 heavy (non-hydrogen) atoms. The van der Waals surface area contributed by atoms with Crippen LogP contribution < -0.4 is 0 Å². The van der Waals surface area contributed by atoms with Crippen LogP contribution in [0.2, 0.25) is 0 Å². The molecule has 1 saturated heterocycles. The monoisotopic (exact) mass is 174 g/mol. The zero-order valence-electron chi connectivity index (χ0n) is 8.24. The van der Waals surface area contributed by atoms with Crippen LogP contribution in [0.15, 0.2) is 0 Å². The summed E-state index contributed by atoms with van der Waals surface area (Å²) < 4.78 is 16.2. The Balaban J connectivity index is 2.34. The maximum absolute atomic E-state index is 5.42. The molecule has 2 atom stereocenters. The van der Waals surface area contributed by atoms with Crippen molar-refractivity contribution in [3.8, 4) is 0 Å². The number of ether oxygens (including phenoxy) is 3. The Bertz CT molecular complexity index is 123. The van der Waals surface area contributed by atoms with E-state index in [4.69, 9.17) is 14.2 Å². The third-order valence-electron chi connectivity index (χ3n) is 1.73. The largest absolute Gasteiger partial charge is 0.327 e. The average molecular weight is 174 g/mol. The molecule has 0 N–H and O–H groups in total. The summed E-state index contributed by atoms with van der Waals surface area (Å²) in [6.45, 7) is 7.54. The van der Waals surface area contributed by atoms with Gasteiger partial charge in [-0.05, 0) is 34.1 Å². The summed E-state index contributed by atoms with van der Waals surface area (Å²) >= 11 is 0. The average Bonchev–Trinajstić information content (AvgIpc) is 1.81. The van der Waals surface area contributed by atoms with Crippen molar-refractivity contribution < 1.29 is 14.2 Å². The van der Waals surface area contributed by atoms with E-state index < -0.39 is 6.48 Å². The zero-order valence-corrected chi connectivity index (χ0v) is 8.24. The first-order valence-electron chi connectivity index (χ1n) is 4.54. The molecule has 3 heteroatoms. The van der Waals surface area contributed by atoms with Gasteiger partial charge < -0.3 is 14.2 Å². The Morgan fingerprint density at radius 1 is 1.17 bits per heavy atom. The normalized spacial score (nSPS) is 37.2. The van der Waals surface area contributed by atoms with Crippen LogP contribution in [-0.2, 0) is 14.2 Å². The van der Waals surface area contributed by atoms with Crippen molar-refractivity contribution in [3.05, 3.63) is 0 Å². The highest BCUT2D eigenvalue weighted by Gasteiger charge is 2.25. The lowest BCUT2D eigenvalue weighted by Gasteiger charge is -2.32. The second-order valence-corrected chi connectivity index (χ2v) is 3.60. The summed E-state index contributed by atoms with van der Waals surface area (Å²) in [7, 11) is 0. The highest BCUT2D eigenvalue weighted by atomic mass is 16.9. The SMILES string of the molecule is CC(C)OC1OC(C)CC(C)O1. The smallest absolute Gasteiger partial charge is 0.272 e. The van der Waals surface area contributed by atoms with Crippen LogP contribution in [0.4, 0.5) is 0 Å². The molecule has 0 bridgehead atoms.